The van der Waals surface area contributed by atoms with E-state index >= 15 is 0 Å². The lowest BCUT2D eigenvalue weighted by atomic mass is 10.4. The fourth-order valence-corrected chi connectivity index (χ4v) is 0.678. The van der Waals surface area contributed by atoms with Crippen molar-refractivity contribution in [3.63, 3.8) is 0 Å². The molecule has 58 valence electrons. The molecule has 0 fully saturated rings. The van der Waals surface area contributed by atoms with Crippen LogP contribution >= 0.6 is 0 Å². The fourth-order valence-electron chi connectivity index (χ4n) is 0.678. The van der Waals surface area contributed by atoms with Gasteiger partial charge >= 0.3 is 0 Å². The van der Waals surface area contributed by atoms with E-state index in [4.69, 9.17) is 1.37 Å². The third kappa shape index (κ3) is 3.22. The average molecular weight is 145 g/mol. The van der Waals surface area contributed by atoms with Crippen LogP contribution in [0.1, 0.15) is 21.6 Å². The van der Waals surface area contributed by atoms with Gasteiger partial charge in [0.05, 0.1) is 6.54 Å². The van der Waals surface area contributed by atoms with Crippen molar-refractivity contribution in [3.8, 4) is 0 Å². The van der Waals surface area contributed by atoms with E-state index in [9.17, 15) is 9.59 Å². The van der Waals surface area contributed by atoms with Crippen molar-refractivity contribution in [1.82, 2.24) is 4.90 Å². The number of hydrogen-bond acceptors (Lipinski definition) is 2. The highest BCUT2D eigenvalue weighted by Gasteiger charge is 2.04. The van der Waals surface area contributed by atoms with Gasteiger partial charge in [-0.2, -0.15) is 0 Å². The molecule has 3 heteroatoms. The van der Waals surface area contributed by atoms with Gasteiger partial charge in [0.25, 0.3) is 0 Å². The summed E-state index contributed by atoms with van der Waals surface area (Å²) in [5.74, 6) is -0.279. The van der Waals surface area contributed by atoms with Crippen molar-refractivity contribution in [1.29, 1.82) is 0 Å². The summed E-state index contributed by atoms with van der Waals surface area (Å²) in [6, 6.07) is 0. The smallest absolute Gasteiger partial charge is 0.219 e. The average Bonchev–Trinajstić information content (AvgIpc) is 2.03. The van der Waals surface area contributed by atoms with Crippen LogP contribution in [0, 0.1) is 0 Å². The molecule has 0 unspecified atom stereocenters. The van der Waals surface area contributed by atoms with Gasteiger partial charge in [-0.25, -0.2) is 0 Å². The Morgan fingerprint density at radius 1 is 1.80 bits per heavy atom. The van der Waals surface area contributed by atoms with Crippen molar-refractivity contribution in [2.45, 2.75) is 20.2 Å². The van der Waals surface area contributed by atoms with Gasteiger partial charge in [0.2, 0.25) is 5.91 Å². The number of aldehydes is 1. The third-order valence-corrected chi connectivity index (χ3v) is 1.14. The van der Waals surface area contributed by atoms with Crippen molar-refractivity contribution in [2.24, 2.45) is 0 Å². The van der Waals surface area contributed by atoms with E-state index in [0.29, 0.717) is 12.8 Å². The molecule has 0 aliphatic heterocycles. The fraction of sp³-hybridized carbons (Fsp3) is 0.714. The van der Waals surface area contributed by atoms with Crippen LogP contribution in [0.4, 0.5) is 0 Å². The second kappa shape index (κ2) is 4.97. The lowest BCUT2D eigenvalue weighted by Gasteiger charge is -2.15. The lowest BCUT2D eigenvalue weighted by Crippen LogP contribution is -2.31. The molecule has 0 spiro atoms. The van der Waals surface area contributed by atoms with E-state index in [1.165, 1.54) is 4.90 Å². The molecule has 0 aromatic rings. The highest BCUT2D eigenvalue weighted by molar-refractivity contribution is 5.75. The van der Waals surface area contributed by atoms with Crippen LogP contribution in [-0.2, 0) is 9.59 Å². The van der Waals surface area contributed by atoms with Gasteiger partial charge in [-0.05, 0) is 6.42 Å². The zero-order valence-electron chi connectivity index (χ0n) is 7.17. The highest BCUT2D eigenvalue weighted by atomic mass is 16.2. The molecule has 0 saturated heterocycles. The van der Waals surface area contributed by atoms with Crippen LogP contribution in [-0.4, -0.2) is 30.2 Å². The minimum absolute atomic E-state index is 0.117. The molecule has 0 saturated carbocycles. The van der Waals surface area contributed by atoms with Crippen molar-refractivity contribution in [2.75, 3.05) is 13.1 Å². The Bertz CT molecular complexity index is 138. The van der Waals surface area contributed by atoms with Crippen LogP contribution in [0.5, 0.6) is 0 Å². The van der Waals surface area contributed by atoms with Gasteiger partial charge in [-0.3, -0.25) is 4.79 Å². The maximum absolute atomic E-state index is 10.9. The lowest BCUT2D eigenvalue weighted by molar-refractivity contribution is -0.130. The zero-order chi connectivity index (χ0) is 8.69. The maximum Gasteiger partial charge on any atom is 0.219 e. The number of rotatable bonds is 4. The Labute approximate surface area is 62.4 Å². The molecule has 0 aliphatic carbocycles. The Kier molecular flexibility index (Phi) is 3.60. The summed E-state index contributed by atoms with van der Waals surface area (Å²) in [5, 5.41) is 0. The summed E-state index contributed by atoms with van der Waals surface area (Å²) in [5.41, 5.74) is 0. The molecule has 1 amide bonds. The standard InChI is InChI=1S/C7H13NO2/c1-3-4-8(5-6-9)7(2)10/h6H,3-5H2,1-2H3/i2T. The molecule has 0 N–H and O–H groups in total. The summed E-state index contributed by atoms with van der Waals surface area (Å²) in [7, 11) is 0. The molecule has 10 heavy (non-hydrogen) atoms. The van der Waals surface area contributed by atoms with E-state index in [1.54, 1.807) is 0 Å². The molecule has 0 bridgehead atoms. The van der Waals surface area contributed by atoms with Gasteiger partial charge in [-0.15, -0.1) is 0 Å². The van der Waals surface area contributed by atoms with E-state index in [1.807, 2.05) is 6.92 Å². The van der Waals surface area contributed by atoms with Gasteiger partial charge in [0, 0.05) is 14.8 Å². The maximum atomic E-state index is 10.9. The van der Waals surface area contributed by atoms with Gasteiger partial charge in [0.15, 0.2) is 0 Å². The largest absolute Gasteiger partial charge is 0.336 e. The molecule has 0 rings (SSSR count). The van der Waals surface area contributed by atoms with Crippen LogP contribution in [0.3, 0.4) is 0 Å². The molecule has 0 aromatic carbocycles. The zero-order valence-corrected chi connectivity index (χ0v) is 6.17. The summed E-state index contributed by atoms with van der Waals surface area (Å²) < 4.78 is 6.79. The number of hydrogen-bond donors (Lipinski definition) is 0. The van der Waals surface area contributed by atoms with Gasteiger partial charge in [-0.1, -0.05) is 6.92 Å². The Morgan fingerprint density at radius 2 is 2.50 bits per heavy atom. The monoisotopic (exact) mass is 145 g/mol. The van der Waals surface area contributed by atoms with E-state index < -0.39 is 0 Å². The Balaban J connectivity index is 3.86. The molecule has 0 radical (unpaired) electrons. The molecule has 0 aromatic heterocycles. The summed E-state index contributed by atoms with van der Waals surface area (Å²) in [6.07, 6.45) is 1.50. The molecule has 0 aliphatic rings. The van der Waals surface area contributed by atoms with Crippen LogP contribution in [0.2, 0.25) is 0 Å². The minimum atomic E-state index is -0.279. The van der Waals surface area contributed by atoms with Gasteiger partial charge in [0.1, 0.15) is 6.29 Å². The summed E-state index contributed by atoms with van der Waals surface area (Å²) >= 11 is 0. The Hall–Kier alpha value is -0.860. The first-order valence-electron chi connectivity index (χ1n) is 3.97. The molecular formula is C7H13NO2. The van der Waals surface area contributed by atoms with Crippen LogP contribution < -0.4 is 0 Å². The molecular weight excluding hydrogens is 130 g/mol. The first-order chi connectivity index (χ1) is 5.26. The second-order valence-electron chi connectivity index (χ2n) is 2.01. The first kappa shape index (κ1) is 7.25. The summed E-state index contributed by atoms with van der Waals surface area (Å²) in [4.78, 5) is 22.3. The predicted octanol–water partition coefficient (Wildman–Crippen LogP) is 0.444. The quantitative estimate of drug-likeness (QED) is 0.538. The normalized spacial score (nSPS) is 10.3. The number of amides is 1. The highest BCUT2D eigenvalue weighted by Crippen LogP contribution is 1.89. The van der Waals surface area contributed by atoms with E-state index in [2.05, 4.69) is 0 Å². The van der Waals surface area contributed by atoms with Gasteiger partial charge < -0.3 is 9.69 Å². The number of nitrogens with zero attached hydrogens (tertiary/aromatic N) is 1. The minimum Gasteiger partial charge on any atom is -0.336 e. The van der Waals surface area contributed by atoms with E-state index in [-0.39, 0.29) is 19.4 Å². The SMILES string of the molecule is [3H]CC(=O)N(CC=O)CCC. The summed E-state index contributed by atoms with van der Waals surface area (Å²) in [6.45, 7) is 2.34. The molecule has 3 nitrogen and oxygen atoms in total. The third-order valence-electron chi connectivity index (χ3n) is 1.14. The Morgan fingerprint density at radius 3 is 2.90 bits per heavy atom. The van der Waals surface area contributed by atoms with Crippen molar-refractivity contribution < 1.29 is 11.0 Å². The predicted molar refractivity (Wildman–Crippen MR) is 38.6 cm³/mol. The number of carbonyl (C=O) groups is 2. The van der Waals surface area contributed by atoms with E-state index in [0.717, 1.165) is 6.42 Å². The number of carbonyl (C=O) groups excluding carboxylic acids is 2. The second-order valence-corrected chi connectivity index (χ2v) is 2.01. The van der Waals surface area contributed by atoms with Crippen molar-refractivity contribution >= 4 is 12.2 Å². The van der Waals surface area contributed by atoms with Crippen LogP contribution in [0.15, 0.2) is 0 Å². The topological polar surface area (TPSA) is 37.4 Å². The first-order valence-corrected chi connectivity index (χ1v) is 3.26. The van der Waals surface area contributed by atoms with Crippen LogP contribution in [0.25, 0.3) is 0 Å². The molecule has 0 heterocycles. The van der Waals surface area contributed by atoms with Crippen molar-refractivity contribution in [3.05, 3.63) is 0 Å². The molecule has 0 atom stereocenters.